The van der Waals surface area contributed by atoms with E-state index in [0.29, 0.717) is 12.3 Å². The molecule has 2 amide bonds. The molecular formula is C18H27N3O2. The van der Waals surface area contributed by atoms with E-state index in [-0.39, 0.29) is 17.9 Å². The molecule has 1 aliphatic heterocycles. The Balaban J connectivity index is 1.89. The van der Waals surface area contributed by atoms with E-state index < -0.39 is 0 Å². The Morgan fingerprint density at radius 1 is 1.13 bits per heavy atom. The number of hydrogen-bond acceptors (Lipinski definition) is 3. The van der Waals surface area contributed by atoms with Crippen molar-refractivity contribution in [3.63, 3.8) is 0 Å². The van der Waals surface area contributed by atoms with Crippen molar-refractivity contribution in [2.75, 3.05) is 24.2 Å². The van der Waals surface area contributed by atoms with Crippen LogP contribution in [-0.4, -0.2) is 36.3 Å². The van der Waals surface area contributed by atoms with E-state index in [1.54, 1.807) is 0 Å². The van der Waals surface area contributed by atoms with E-state index in [1.807, 2.05) is 45.2 Å². The second-order valence-corrected chi connectivity index (χ2v) is 6.70. The smallest absolute Gasteiger partial charge is 0.241 e. The van der Waals surface area contributed by atoms with E-state index in [4.69, 9.17) is 0 Å². The molecule has 23 heavy (non-hydrogen) atoms. The molecule has 1 saturated heterocycles. The highest BCUT2D eigenvalue weighted by molar-refractivity contribution is 5.95. The van der Waals surface area contributed by atoms with E-state index in [0.717, 1.165) is 37.2 Å². The summed E-state index contributed by atoms with van der Waals surface area (Å²) in [5.41, 5.74) is 1.51. The molecule has 126 valence electrons. The molecule has 2 rings (SSSR count). The van der Waals surface area contributed by atoms with Crippen LogP contribution in [-0.2, 0) is 9.59 Å². The third kappa shape index (κ3) is 5.36. The summed E-state index contributed by atoms with van der Waals surface area (Å²) in [6.45, 7) is 5.00. The standard InChI is InChI=1S/C18H27N3O2/c1-13(2)12-17(22)19-14-7-9-15(10-8-14)20-18(23)16-6-4-5-11-21(16)3/h7-10,13,16H,4-6,11-12H2,1-3H3,(H,19,22)(H,20,23). The first kappa shape index (κ1) is 17.5. The number of hydrogen-bond donors (Lipinski definition) is 2. The van der Waals surface area contributed by atoms with Crippen LogP contribution >= 0.6 is 0 Å². The zero-order valence-electron chi connectivity index (χ0n) is 14.3. The lowest BCUT2D eigenvalue weighted by atomic mass is 10.0. The van der Waals surface area contributed by atoms with Crippen molar-refractivity contribution in [2.24, 2.45) is 5.92 Å². The highest BCUT2D eigenvalue weighted by Crippen LogP contribution is 2.19. The van der Waals surface area contributed by atoms with E-state index in [9.17, 15) is 9.59 Å². The topological polar surface area (TPSA) is 61.4 Å². The molecule has 5 heteroatoms. The number of carbonyl (C=O) groups excluding carboxylic acids is 2. The Morgan fingerprint density at radius 3 is 2.30 bits per heavy atom. The molecule has 1 fully saturated rings. The van der Waals surface area contributed by atoms with Crippen molar-refractivity contribution < 1.29 is 9.59 Å². The molecule has 1 atom stereocenters. The Bertz CT molecular complexity index is 540. The Hall–Kier alpha value is -1.88. The van der Waals surface area contributed by atoms with Gasteiger partial charge in [0, 0.05) is 17.8 Å². The maximum absolute atomic E-state index is 12.3. The fraction of sp³-hybridized carbons (Fsp3) is 0.556. The molecule has 0 bridgehead atoms. The monoisotopic (exact) mass is 317 g/mol. The Labute approximate surface area is 138 Å². The van der Waals surface area contributed by atoms with Crippen LogP contribution in [0.2, 0.25) is 0 Å². The predicted molar refractivity (Wildman–Crippen MR) is 93.4 cm³/mol. The van der Waals surface area contributed by atoms with E-state index >= 15 is 0 Å². The summed E-state index contributed by atoms with van der Waals surface area (Å²) in [4.78, 5) is 26.2. The van der Waals surface area contributed by atoms with Gasteiger partial charge in [-0.05, 0) is 56.6 Å². The summed E-state index contributed by atoms with van der Waals surface area (Å²) >= 11 is 0. The SMILES string of the molecule is CC(C)CC(=O)Nc1ccc(NC(=O)C2CCCCN2C)cc1. The van der Waals surface area contributed by atoms with Crippen LogP contribution in [0.25, 0.3) is 0 Å². The van der Waals surface area contributed by atoms with Crippen LogP contribution < -0.4 is 10.6 Å². The largest absolute Gasteiger partial charge is 0.326 e. The van der Waals surface area contributed by atoms with Gasteiger partial charge in [0.25, 0.3) is 0 Å². The van der Waals surface area contributed by atoms with Gasteiger partial charge in [-0.3, -0.25) is 14.5 Å². The number of likely N-dealkylation sites (tertiary alicyclic amines) is 1. The van der Waals surface area contributed by atoms with E-state index in [1.165, 1.54) is 0 Å². The quantitative estimate of drug-likeness (QED) is 0.877. The molecule has 0 saturated carbocycles. The van der Waals surface area contributed by atoms with Crippen molar-refractivity contribution in [1.29, 1.82) is 0 Å². The molecule has 5 nitrogen and oxygen atoms in total. The maximum Gasteiger partial charge on any atom is 0.241 e. The van der Waals surface area contributed by atoms with Gasteiger partial charge in [-0.25, -0.2) is 0 Å². The third-order valence-electron chi connectivity index (χ3n) is 4.10. The summed E-state index contributed by atoms with van der Waals surface area (Å²) in [5, 5.41) is 5.83. The molecule has 0 spiro atoms. The van der Waals surface area contributed by atoms with Gasteiger partial charge in [-0.1, -0.05) is 20.3 Å². The summed E-state index contributed by atoms with van der Waals surface area (Å²) < 4.78 is 0. The first-order valence-electron chi connectivity index (χ1n) is 8.36. The van der Waals surface area contributed by atoms with Gasteiger partial charge in [-0.15, -0.1) is 0 Å². The van der Waals surface area contributed by atoms with Gasteiger partial charge in [0.15, 0.2) is 0 Å². The normalized spacial score (nSPS) is 18.7. The minimum absolute atomic E-state index is 0.0145. The van der Waals surface area contributed by atoms with Gasteiger partial charge in [0.2, 0.25) is 11.8 Å². The molecule has 1 unspecified atom stereocenters. The summed E-state index contributed by atoms with van der Waals surface area (Å²) in [7, 11) is 2.00. The first-order valence-corrected chi connectivity index (χ1v) is 8.36. The van der Waals surface area contributed by atoms with Crippen molar-refractivity contribution in [2.45, 2.75) is 45.6 Å². The number of amides is 2. The second-order valence-electron chi connectivity index (χ2n) is 6.70. The van der Waals surface area contributed by atoms with Crippen molar-refractivity contribution in [3.8, 4) is 0 Å². The van der Waals surface area contributed by atoms with Crippen molar-refractivity contribution in [1.82, 2.24) is 4.90 Å². The van der Waals surface area contributed by atoms with Crippen LogP contribution in [0.3, 0.4) is 0 Å². The number of piperidine rings is 1. The maximum atomic E-state index is 12.3. The molecule has 0 radical (unpaired) electrons. The average Bonchev–Trinajstić information content (AvgIpc) is 2.48. The third-order valence-corrected chi connectivity index (χ3v) is 4.10. The van der Waals surface area contributed by atoms with Crippen LogP contribution in [0.1, 0.15) is 39.5 Å². The minimum atomic E-state index is -0.0471. The average molecular weight is 317 g/mol. The van der Waals surface area contributed by atoms with Crippen LogP contribution in [0.15, 0.2) is 24.3 Å². The van der Waals surface area contributed by atoms with Crippen LogP contribution in [0.5, 0.6) is 0 Å². The number of carbonyl (C=O) groups is 2. The Morgan fingerprint density at radius 2 is 1.74 bits per heavy atom. The molecule has 1 aromatic carbocycles. The number of anilines is 2. The Kier molecular flexibility index (Phi) is 6.16. The van der Waals surface area contributed by atoms with Gasteiger partial charge in [0.1, 0.15) is 0 Å². The predicted octanol–water partition coefficient (Wildman–Crippen LogP) is 3.09. The number of rotatable bonds is 5. The lowest BCUT2D eigenvalue weighted by Crippen LogP contribution is -2.44. The first-order chi connectivity index (χ1) is 11.0. The van der Waals surface area contributed by atoms with Crippen LogP contribution in [0.4, 0.5) is 11.4 Å². The minimum Gasteiger partial charge on any atom is -0.326 e. The second kappa shape index (κ2) is 8.11. The van der Waals surface area contributed by atoms with Gasteiger partial charge in [-0.2, -0.15) is 0 Å². The van der Waals surface area contributed by atoms with Crippen molar-refractivity contribution >= 4 is 23.2 Å². The van der Waals surface area contributed by atoms with Gasteiger partial charge >= 0.3 is 0 Å². The summed E-state index contributed by atoms with van der Waals surface area (Å²) in [5.74, 6) is 0.394. The fourth-order valence-corrected chi connectivity index (χ4v) is 2.85. The lowest BCUT2D eigenvalue weighted by Gasteiger charge is -2.31. The number of nitrogens with zero attached hydrogens (tertiary/aromatic N) is 1. The van der Waals surface area contributed by atoms with Crippen LogP contribution in [0, 0.1) is 5.92 Å². The molecule has 2 N–H and O–H groups in total. The molecule has 0 aromatic heterocycles. The summed E-state index contributed by atoms with van der Waals surface area (Å²) in [6.07, 6.45) is 3.67. The molecule has 0 aliphatic carbocycles. The highest BCUT2D eigenvalue weighted by atomic mass is 16.2. The molecule has 1 heterocycles. The number of nitrogens with one attached hydrogen (secondary N) is 2. The summed E-state index contributed by atoms with van der Waals surface area (Å²) in [6, 6.07) is 7.24. The zero-order valence-corrected chi connectivity index (χ0v) is 14.3. The number of likely N-dealkylation sites (N-methyl/N-ethyl adjacent to an activating group) is 1. The van der Waals surface area contributed by atoms with Crippen molar-refractivity contribution in [3.05, 3.63) is 24.3 Å². The van der Waals surface area contributed by atoms with Gasteiger partial charge in [0.05, 0.1) is 6.04 Å². The molecular weight excluding hydrogens is 290 g/mol. The molecule has 1 aliphatic rings. The highest BCUT2D eigenvalue weighted by Gasteiger charge is 2.25. The number of benzene rings is 1. The lowest BCUT2D eigenvalue weighted by molar-refractivity contribution is -0.121. The fourth-order valence-electron chi connectivity index (χ4n) is 2.85. The van der Waals surface area contributed by atoms with E-state index in [2.05, 4.69) is 15.5 Å². The zero-order chi connectivity index (χ0) is 16.8. The van der Waals surface area contributed by atoms with Gasteiger partial charge < -0.3 is 10.6 Å². The molecule has 1 aromatic rings.